The van der Waals surface area contributed by atoms with Gasteiger partial charge < -0.3 is 9.84 Å². The average molecular weight is 284 g/mol. The summed E-state index contributed by atoms with van der Waals surface area (Å²) in [6.45, 7) is 3.60. The molecule has 2 heterocycles. The van der Waals surface area contributed by atoms with Gasteiger partial charge in [0.05, 0.1) is 5.56 Å². The van der Waals surface area contributed by atoms with Crippen molar-refractivity contribution in [3.63, 3.8) is 0 Å². The van der Waals surface area contributed by atoms with Gasteiger partial charge in [0, 0.05) is 12.4 Å². The smallest absolute Gasteiger partial charge is 0.335 e. The number of benzene rings is 1. The van der Waals surface area contributed by atoms with Crippen LogP contribution in [0.3, 0.4) is 0 Å². The molecule has 1 aromatic carbocycles. The van der Waals surface area contributed by atoms with Crippen molar-refractivity contribution in [1.29, 1.82) is 0 Å². The Balaban J connectivity index is 2.01. The first-order chi connectivity index (χ1) is 10.1. The van der Waals surface area contributed by atoms with Crippen LogP contribution in [0.4, 0.5) is 0 Å². The second-order valence-electron chi connectivity index (χ2n) is 4.56. The average Bonchev–Trinajstić information content (AvgIpc) is 2.84. The molecule has 0 aliphatic rings. The number of nitrogens with zero attached hydrogens (tertiary/aromatic N) is 4. The van der Waals surface area contributed by atoms with E-state index in [2.05, 4.69) is 15.2 Å². The van der Waals surface area contributed by atoms with Crippen molar-refractivity contribution in [2.45, 2.75) is 13.8 Å². The molecule has 0 atom stereocenters. The van der Waals surface area contributed by atoms with E-state index in [4.69, 9.17) is 9.84 Å². The summed E-state index contributed by atoms with van der Waals surface area (Å²) in [6.07, 6.45) is 3.34. The van der Waals surface area contributed by atoms with Gasteiger partial charge >= 0.3 is 5.97 Å². The lowest BCUT2D eigenvalue weighted by atomic mass is 10.1. The summed E-state index contributed by atoms with van der Waals surface area (Å²) in [6, 6.07) is 4.64. The van der Waals surface area contributed by atoms with Crippen LogP contribution in [0.5, 0.6) is 11.6 Å². The van der Waals surface area contributed by atoms with Crippen molar-refractivity contribution in [1.82, 2.24) is 19.6 Å². The Bertz CT molecular complexity index is 841. The van der Waals surface area contributed by atoms with E-state index in [1.807, 2.05) is 6.92 Å². The lowest BCUT2D eigenvalue weighted by Gasteiger charge is -2.08. The standard InChI is InChI=1S/C14H12N4O3/c1-8-7-10(14(19)20)3-4-11(8)21-13-12-17-16-9(2)18(12)6-5-15-13/h3-7H,1-2H3,(H,19,20). The Kier molecular flexibility index (Phi) is 3.02. The van der Waals surface area contributed by atoms with Gasteiger partial charge in [-0.1, -0.05) is 0 Å². The lowest BCUT2D eigenvalue weighted by molar-refractivity contribution is 0.0697. The highest BCUT2D eigenvalue weighted by atomic mass is 16.5. The van der Waals surface area contributed by atoms with Crippen molar-refractivity contribution >= 4 is 11.6 Å². The SMILES string of the molecule is Cc1cc(C(=O)O)ccc1Oc1nccn2c(C)nnc12. The van der Waals surface area contributed by atoms with E-state index in [0.717, 1.165) is 5.82 Å². The predicted octanol–water partition coefficient (Wildman–Crippen LogP) is 2.23. The molecule has 2 aromatic heterocycles. The molecule has 0 spiro atoms. The maximum atomic E-state index is 10.9. The molecule has 1 N–H and O–H groups in total. The van der Waals surface area contributed by atoms with Crippen LogP contribution in [0.25, 0.3) is 5.65 Å². The highest BCUT2D eigenvalue weighted by molar-refractivity contribution is 5.88. The molecule has 21 heavy (non-hydrogen) atoms. The van der Waals surface area contributed by atoms with Gasteiger partial charge in [-0.2, -0.15) is 0 Å². The first-order valence-corrected chi connectivity index (χ1v) is 6.24. The molecule has 0 saturated heterocycles. The van der Waals surface area contributed by atoms with E-state index in [1.54, 1.807) is 35.9 Å². The van der Waals surface area contributed by atoms with Crippen LogP contribution < -0.4 is 4.74 Å². The molecule has 0 aliphatic carbocycles. The number of carboxylic acids is 1. The van der Waals surface area contributed by atoms with Gasteiger partial charge in [0.15, 0.2) is 0 Å². The maximum Gasteiger partial charge on any atom is 0.335 e. The topological polar surface area (TPSA) is 89.6 Å². The van der Waals surface area contributed by atoms with E-state index < -0.39 is 5.97 Å². The predicted molar refractivity (Wildman–Crippen MR) is 73.7 cm³/mol. The Morgan fingerprint density at radius 1 is 1.29 bits per heavy atom. The number of carboxylic acid groups (broad SMARTS) is 1. The van der Waals surface area contributed by atoms with Crippen molar-refractivity contribution in [2.24, 2.45) is 0 Å². The first kappa shape index (κ1) is 13.0. The summed E-state index contributed by atoms with van der Waals surface area (Å²) < 4.78 is 7.51. The van der Waals surface area contributed by atoms with E-state index in [9.17, 15) is 4.79 Å². The number of hydrogen-bond acceptors (Lipinski definition) is 5. The zero-order chi connectivity index (χ0) is 15.0. The second kappa shape index (κ2) is 4.86. The number of fused-ring (bicyclic) bond motifs is 1. The number of hydrogen-bond donors (Lipinski definition) is 1. The minimum atomic E-state index is -0.974. The van der Waals surface area contributed by atoms with E-state index >= 15 is 0 Å². The third-order valence-electron chi connectivity index (χ3n) is 3.09. The fourth-order valence-electron chi connectivity index (χ4n) is 1.99. The number of rotatable bonds is 3. The van der Waals surface area contributed by atoms with Crippen LogP contribution in [0.2, 0.25) is 0 Å². The lowest BCUT2D eigenvalue weighted by Crippen LogP contribution is -1.99. The van der Waals surface area contributed by atoms with Crippen molar-refractivity contribution in [3.05, 3.63) is 47.5 Å². The molecule has 0 unspecified atom stereocenters. The van der Waals surface area contributed by atoms with Gasteiger partial charge in [0.1, 0.15) is 11.6 Å². The van der Waals surface area contributed by atoms with Gasteiger partial charge in [-0.3, -0.25) is 4.40 Å². The fraction of sp³-hybridized carbons (Fsp3) is 0.143. The summed E-state index contributed by atoms with van der Waals surface area (Å²) in [7, 11) is 0. The molecular formula is C14H12N4O3. The third-order valence-corrected chi connectivity index (χ3v) is 3.09. The molecule has 0 amide bonds. The molecule has 0 bridgehead atoms. The molecule has 0 aliphatic heterocycles. The highest BCUT2D eigenvalue weighted by Gasteiger charge is 2.12. The Morgan fingerprint density at radius 3 is 2.81 bits per heavy atom. The normalized spacial score (nSPS) is 10.8. The molecule has 7 nitrogen and oxygen atoms in total. The van der Waals surface area contributed by atoms with Crippen LogP contribution in [0, 0.1) is 13.8 Å². The molecular weight excluding hydrogens is 272 g/mol. The molecule has 0 saturated carbocycles. The summed E-state index contributed by atoms with van der Waals surface area (Å²) in [5, 5.41) is 17.0. The van der Waals surface area contributed by atoms with Gasteiger partial charge in [0.25, 0.3) is 5.88 Å². The third kappa shape index (κ3) is 2.29. The number of aryl methyl sites for hydroxylation is 2. The van der Waals surface area contributed by atoms with Gasteiger partial charge in [0.2, 0.25) is 5.65 Å². The fourth-order valence-corrected chi connectivity index (χ4v) is 1.99. The number of carbonyl (C=O) groups is 1. The summed E-state index contributed by atoms with van der Waals surface area (Å²) in [4.78, 5) is 15.1. The van der Waals surface area contributed by atoms with E-state index in [-0.39, 0.29) is 5.56 Å². The van der Waals surface area contributed by atoms with E-state index in [0.29, 0.717) is 22.8 Å². The van der Waals surface area contributed by atoms with Crippen LogP contribution in [0.1, 0.15) is 21.7 Å². The summed E-state index contributed by atoms with van der Waals surface area (Å²) >= 11 is 0. The van der Waals surface area contributed by atoms with Gasteiger partial charge in [-0.15, -0.1) is 10.2 Å². The number of ether oxygens (including phenoxy) is 1. The monoisotopic (exact) mass is 284 g/mol. The van der Waals surface area contributed by atoms with Crippen LogP contribution in [-0.2, 0) is 0 Å². The van der Waals surface area contributed by atoms with Crippen LogP contribution >= 0.6 is 0 Å². The van der Waals surface area contributed by atoms with E-state index in [1.165, 1.54) is 6.07 Å². The van der Waals surface area contributed by atoms with Gasteiger partial charge in [-0.05, 0) is 37.6 Å². The van der Waals surface area contributed by atoms with Crippen LogP contribution in [0.15, 0.2) is 30.6 Å². The van der Waals surface area contributed by atoms with Crippen molar-refractivity contribution < 1.29 is 14.6 Å². The molecule has 7 heteroatoms. The molecule has 3 rings (SSSR count). The second-order valence-corrected chi connectivity index (χ2v) is 4.56. The maximum absolute atomic E-state index is 10.9. The quantitative estimate of drug-likeness (QED) is 0.793. The summed E-state index contributed by atoms with van der Waals surface area (Å²) in [5.74, 6) is 0.610. The Labute approximate surface area is 119 Å². The Morgan fingerprint density at radius 2 is 2.10 bits per heavy atom. The van der Waals surface area contributed by atoms with Gasteiger partial charge in [-0.25, -0.2) is 9.78 Å². The number of aromatic carboxylic acids is 1. The molecule has 3 aromatic rings. The minimum Gasteiger partial charge on any atom is -0.478 e. The van der Waals surface area contributed by atoms with Crippen LogP contribution in [-0.4, -0.2) is 30.7 Å². The highest BCUT2D eigenvalue weighted by Crippen LogP contribution is 2.26. The summed E-state index contributed by atoms with van der Waals surface area (Å²) in [5.41, 5.74) is 1.43. The Hall–Kier alpha value is -2.96. The molecule has 0 fully saturated rings. The van der Waals surface area contributed by atoms with Crippen molar-refractivity contribution in [2.75, 3.05) is 0 Å². The first-order valence-electron chi connectivity index (χ1n) is 6.24. The zero-order valence-corrected chi connectivity index (χ0v) is 11.4. The minimum absolute atomic E-state index is 0.212. The molecule has 0 radical (unpaired) electrons. The zero-order valence-electron chi connectivity index (χ0n) is 11.4. The largest absolute Gasteiger partial charge is 0.478 e. The molecule has 106 valence electrons. The van der Waals surface area contributed by atoms with Crippen molar-refractivity contribution in [3.8, 4) is 11.6 Å². The number of aromatic nitrogens is 4.